The summed E-state index contributed by atoms with van der Waals surface area (Å²) in [5.41, 5.74) is 1.60. The third kappa shape index (κ3) is 6.29. The SMILES string of the molecule is O=C(NCCO)c1cncc(OC(=O)N2CCCC(CCc3ccccc3)C2)c1. The van der Waals surface area contributed by atoms with E-state index in [0.29, 0.717) is 19.0 Å². The second kappa shape index (κ2) is 10.6. The van der Waals surface area contributed by atoms with E-state index in [2.05, 4.69) is 22.4 Å². The van der Waals surface area contributed by atoms with Crippen LogP contribution in [0.3, 0.4) is 0 Å². The molecule has 1 fully saturated rings. The fourth-order valence-electron chi connectivity index (χ4n) is 3.52. The second-order valence-corrected chi connectivity index (χ2v) is 7.24. The van der Waals surface area contributed by atoms with Crippen molar-refractivity contribution in [2.24, 2.45) is 5.92 Å². The van der Waals surface area contributed by atoms with Crippen LogP contribution in [0.2, 0.25) is 0 Å². The van der Waals surface area contributed by atoms with Crippen LogP contribution >= 0.6 is 0 Å². The Labute approximate surface area is 170 Å². The predicted molar refractivity (Wildman–Crippen MR) is 109 cm³/mol. The van der Waals surface area contributed by atoms with Crippen LogP contribution in [0.5, 0.6) is 5.75 Å². The Hall–Kier alpha value is -2.93. The molecule has 1 unspecified atom stereocenters. The average molecular weight is 397 g/mol. The number of carbonyl (C=O) groups is 2. The van der Waals surface area contributed by atoms with Gasteiger partial charge in [-0.2, -0.15) is 0 Å². The van der Waals surface area contributed by atoms with E-state index in [1.165, 1.54) is 24.0 Å². The molecular weight excluding hydrogens is 370 g/mol. The molecule has 7 heteroatoms. The summed E-state index contributed by atoms with van der Waals surface area (Å²) >= 11 is 0. The maximum absolute atomic E-state index is 12.6. The van der Waals surface area contributed by atoms with E-state index in [-0.39, 0.29) is 30.4 Å². The number of likely N-dealkylation sites (tertiary alicyclic amines) is 1. The highest BCUT2D eigenvalue weighted by atomic mass is 16.6. The summed E-state index contributed by atoms with van der Waals surface area (Å²) < 4.78 is 5.46. The van der Waals surface area contributed by atoms with Gasteiger partial charge in [-0.3, -0.25) is 9.78 Å². The van der Waals surface area contributed by atoms with Gasteiger partial charge in [0, 0.05) is 25.8 Å². The van der Waals surface area contributed by atoms with Gasteiger partial charge in [-0.05, 0) is 43.2 Å². The van der Waals surface area contributed by atoms with E-state index in [0.717, 1.165) is 25.7 Å². The fraction of sp³-hybridized carbons (Fsp3) is 0.409. The van der Waals surface area contributed by atoms with E-state index < -0.39 is 6.09 Å². The smallest absolute Gasteiger partial charge is 0.409 e. The number of piperidine rings is 1. The third-order valence-corrected chi connectivity index (χ3v) is 5.04. The predicted octanol–water partition coefficient (Wildman–Crippen LogP) is 2.65. The molecule has 0 spiro atoms. The Morgan fingerprint density at radius 2 is 2.07 bits per heavy atom. The molecule has 3 rings (SSSR count). The summed E-state index contributed by atoms with van der Waals surface area (Å²) in [6.45, 7) is 1.36. The molecule has 1 aromatic heterocycles. The largest absolute Gasteiger partial charge is 0.415 e. The lowest BCUT2D eigenvalue weighted by molar-refractivity contribution is 0.0943. The molecular formula is C22H27N3O4. The Kier molecular flexibility index (Phi) is 7.58. The number of aliphatic hydroxyl groups is 1. The van der Waals surface area contributed by atoms with Crippen LogP contribution in [0.25, 0.3) is 0 Å². The number of hydrogen-bond donors (Lipinski definition) is 2. The molecule has 0 aliphatic carbocycles. The van der Waals surface area contributed by atoms with Gasteiger partial charge in [-0.15, -0.1) is 0 Å². The molecule has 1 aromatic carbocycles. The molecule has 154 valence electrons. The average Bonchev–Trinajstić information content (AvgIpc) is 2.77. The lowest BCUT2D eigenvalue weighted by Gasteiger charge is -2.32. The van der Waals surface area contributed by atoms with Crippen LogP contribution in [-0.2, 0) is 6.42 Å². The Morgan fingerprint density at radius 1 is 1.24 bits per heavy atom. The number of carbonyl (C=O) groups excluding carboxylic acids is 2. The lowest BCUT2D eigenvalue weighted by atomic mass is 9.92. The molecule has 0 bridgehead atoms. The first kappa shape index (κ1) is 20.8. The zero-order valence-electron chi connectivity index (χ0n) is 16.4. The first-order chi connectivity index (χ1) is 14.2. The summed E-state index contributed by atoms with van der Waals surface area (Å²) in [6, 6.07) is 11.9. The first-order valence-electron chi connectivity index (χ1n) is 10.0. The molecule has 1 aliphatic rings. The highest BCUT2D eigenvalue weighted by Crippen LogP contribution is 2.23. The quantitative estimate of drug-likeness (QED) is 0.749. The Bertz CT molecular complexity index is 813. The maximum atomic E-state index is 12.6. The summed E-state index contributed by atoms with van der Waals surface area (Å²) in [6.07, 6.45) is 6.50. The molecule has 2 heterocycles. The van der Waals surface area contributed by atoms with Gasteiger partial charge in [0.1, 0.15) is 0 Å². The van der Waals surface area contributed by atoms with Crippen LogP contribution < -0.4 is 10.1 Å². The van der Waals surface area contributed by atoms with Gasteiger partial charge in [0.15, 0.2) is 5.75 Å². The van der Waals surface area contributed by atoms with Crippen molar-refractivity contribution < 1.29 is 19.4 Å². The highest BCUT2D eigenvalue weighted by Gasteiger charge is 2.25. The van der Waals surface area contributed by atoms with Crippen LogP contribution in [-0.4, -0.2) is 53.2 Å². The number of aryl methyl sites for hydroxylation is 1. The number of benzene rings is 1. The van der Waals surface area contributed by atoms with Gasteiger partial charge in [0.2, 0.25) is 0 Å². The van der Waals surface area contributed by atoms with E-state index in [1.54, 1.807) is 4.90 Å². The van der Waals surface area contributed by atoms with Gasteiger partial charge in [0.05, 0.1) is 18.4 Å². The molecule has 0 radical (unpaired) electrons. The van der Waals surface area contributed by atoms with Crippen LogP contribution in [0, 0.1) is 5.92 Å². The van der Waals surface area contributed by atoms with Gasteiger partial charge < -0.3 is 20.1 Å². The molecule has 1 aliphatic heterocycles. The van der Waals surface area contributed by atoms with Crippen molar-refractivity contribution in [3.8, 4) is 5.75 Å². The summed E-state index contributed by atoms with van der Waals surface area (Å²) in [4.78, 5) is 30.2. The van der Waals surface area contributed by atoms with Gasteiger partial charge >= 0.3 is 6.09 Å². The molecule has 2 amide bonds. The maximum Gasteiger partial charge on any atom is 0.415 e. The van der Waals surface area contributed by atoms with Crippen LogP contribution in [0.4, 0.5) is 4.79 Å². The van der Waals surface area contributed by atoms with Crippen LogP contribution in [0.15, 0.2) is 48.8 Å². The third-order valence-electron chi connectivity index (χ3n) is 5.04. The van der Waals surface area contributed by atoms with Crippen molar-refractivity contribution in [1.29, 1.82) is 0 Å². The van der Waals surface area contributed by atoms with Crippen molar-refractivity contribution in [2.45, 2.75) is 25.7 Å². The molecule has 0 saturated carbocycles. The number of nitrogens with one attached hydrogen (secondary N) is 1. The Morgan fingerprint density at radius 3 is 2.86 bits per heavy atom. The summed E-state index contributed by atoms with van der Waals surface area (Å²) in [7, 11) is 0. The summed E-state index contributed by atoms with van der Waals surface area (Å²) in [5, 5.41) is 11.3. The molecule has 1 atom stereocenters. The van der Waals surface area contributed by atoms with Crippen LogP contribution in [0.1, 0.15) is 35.2 Å². The molecule has 7 nitrogen and oxygen atoms in total. The number of ether oxygens (including phenoxy) is 1. The number of amides is 2. The number of rotatable bonds is 7. The van der Waals surface area contributed by atoms with E-state index in [9.17, 15) is 9.59 Å². The minimum absolute atomic E-state index is 0.145. The standard InChI is InChI=1S/C22H27N3O4/c26-12-10-24-21(27)19-13-20(15-23-14-19)29-22(28)25-11-4-7-18(16-25)9-8-17-5-2-1-3-6-17/h1-3,5-6,13-15,18,26H,4,7-12,16H2,(H,24,27). The summed E-state index contributed by atoms with van der Waals surface area (Å²) in [5.74, 6) is 0.312. The van der Waals surface area contributed by atoms with Crippen molar-refractivity contribution in [3.05, 3.63) is 59.9 Å². The lowest BCUT2D eigenvalue weighted by Crippen LogP contribution is -2.41. The van der Waals surface area contributed by atoms with Gasteiger partial charge in [-0.1, -0.05) is 30.3 Å². The first-order valence-corrected chi connectivity index (χ1v) is 10.0. The molecule has 29 heavy (non-hydrogen) atoms. The van der Waals surface area contributed by atoms with Crippen molar-refractivity contribution in [3.63, 3.8) is 0 Å². The number of aromatic nitrogens is 1. The van der Waals surface area contributed by atoms with Gasteiger partial charge in [0.25, 0.3) is 5.91 Å². The van der Waals surface area contributed by atoms with Crippen molar-refractivity contribution >= 4 is 12.0 Å². The molecule has 2 aromatic rings. The monoisotopic (exact) mass is 397 g/mol. The topological polar surface area (TPSA) is 91.8 Å². The van der Waals surface area contributed by atoms with E-state index in [4.69, 9.17) is 9.84 Å². The fourth-order valence-corrected chi connectivity index (χ4v) is 3.52. The zero-order chi connectivity index (χ0) is 20.5. The van der Waals surface area contributed by atoms with E-state index in [1.807, 2.05) is 18.2 Å². The highest BCUT2D eigenvalue weighted by molar-refractivity contribution is 5.94. The Balaban J connectivity index is 1.53. The number of nitrogens with zero attached hydrogens (tertiary/aromatic N) is 2. The van der Waals surface area contributed by atoms with Crippen molar-refractivity contribution in [2.75, 3.05) is 26.2 Å². The molecule has 2 N–H and O–H groups in total. The van der Waals surface area contributed by atoms with Crippen molar-refractivity contribution in [1.82, 2.24) is 15.2 Å². The molecule has 1 saturated heterocycles. The number of pyridine rings is 1. The van der Waals surface area contributed by atoms with E-state index >= 15 is 0 Å². The minimum atomic E-state index is -0.413. The second-order valence-electron chi connectivity index (χ2n) is 7.24. The minimum Gasteiger partial charge on any atom is -0.409 e. The number of hydrogen-bond acceptors (Lipinski definition) is 5. The zero-order valence-corrected chi connectivity index (χ0v) is 16.4. The van der Waals surface area contributed by atoms with Gasteiger partial charge in [-0.25, -0.2) is 4.79 Å². The number of aliphatic hydroxyl groups excluding tert-OH is 1. The normalized spacial score (nSPS) is 16.3.